The monoisotopic (exact) mass is 318 g/mol. The normalized spacial score (nSPS) is 23.7. The van der Waals surface area contributed by atoms with Gasteiger partial charge in [-0.05, 0) is 25.0 Å². The molecule has 0 unspecified atom stereocenters. The minimum absolute atomic E-state index is 0.0571. The van der Waals surface area contributed by atoms with E-state index in [1.807, 2.05) is 11.0 Å². The van der Waals surface area contributed by atoms with Crippen LogP contribution in [-0.2, 0) is 9.47 Å². The minimum Gasteiger partial charge on any atom is -0.355 e. The fourth-order valence-corrected chi connectivity index (χ4v) is 3.55. The van der Waals surface area contributed by atoms with E-state index < -0.39 is 5.79 Å². The third-order valence-electron chi connectivity index (χ3n) is 4.93. The highest BCUT2D eigenvalue weighted by atomic mass is 16.7. The molecule has 1 aromatic heterocycles. The van der Waals surface area contributed by atoms with Crippen molar-refractivity contribution in [3.05, 3.63) is 17.8 Å². The summed E-state index contributed by atoms with van der Waals surface area (Å²) in [7, 11) is 0. The first-order chi connectivity index (χ1) is 11.3. The molecule has 7 nitrogen and oxygen atoms in total. The van der Waals surface area contributed by atoms with Crippen LogP contribution in [0.2, 0.25) is 0 Å². The van der Waals surface area contributed by atoms with E-state index in [0.29, 0.717) is 32.0 Å². The lowest BCUT2D eigenvalue weighted by Gasteiger charge is -2.37. The van der Waals surface area contributed by atoms with Crippen LogP contribution in [0.15, 0.2) is 12.1 Å². The van der Waals surface area contributed by atoms with Gasteiger partial charge in [0.2, 0.25) is 0 Å². The van der Waals surface area contributed by atoms with Crippen molar-refractivity contribution in [2.45, 2.75) is 31.5 Å². The highest BCUT2D eigenvalue weighted by Gasteiger charge is 2.41. The number of likely N-dealkylation sites (tertiary alicyclic amines) is 1. The average molecular weight is 318 g/mol. The molecule has 3 fully saturated rings. The van der Waals surface area contributed by atoms with E-state index in [1.54, 1.807) is 6.07 Å². The van der Waals surface area contributed by atoms with Crippen LogP contribution in [0.5, 0.6) is 0 Å². The number of carbonyl (C=O) groups is 1. The van der Waals surface area contributed by atoms with Crippen molar-refractivity contribution in [3.8, 4) is 0 Å². The molecule has 0 atom stereocenters. The number of piperidine rings is 1. The first-order valence-corrected chi connectivity index (χ1v) is 8.42. The maximum Gasteiger partial charge on any atom is 0.274 e. The lowest BCUT2D eigenvalue weighted by atomic mass is 10.0. The molecule has 0 radical (unpaired) electrons. The molecule has 3 aliphatic heterocycles. The number of amides is 1. The summed E-state index contributed by atoms with van der Waals surface area (Å²) in [6.45, 7) is 4.61. The van der Waals surface area contributed by atoms with Crippen molar-refractivity contribution in [1.29, 1.82) is 0 Å². The smallest absolute Gasteiger partial charge is 0.274 e. The number of rotatable bonds is 2. The molecule has 3 saturated heterocycles. The number of carbonyl (C=O) groups excluding carboxylic acids is 1. The molecular formula is C16H22N4O3. The third kappa shape index (κ3) is 2.90. The van der Waals surface area contributed by atoms with Crippen LogP contribution in [0.1, 0.15) is 36.2 Å². The maximum atomic E-state index is 12.6. The summed E-state index contributed by atoms with van der Waals surface area (Å²) in [4.78, 5) is 16.6. The summed E-state index contributed by atoms with van der Waals surface area (Å²) >= 11 is 0. The van der Waals surface area contributed by atoms with Gasteiger partial charge in [0.25, 0.3) is 5.91 Å². The van der Waals surface area contributed by atoms with Crippen molar-refractivity contribution in [3.63, 3.8) is 0 Å². The highest BCUT2D eigenvalue weighted by molar-refractivity contribution is 5.92. The van der Waals surface area contributed by atoms with Crippen molar-refractivity contribution in [2.75, 3.05) is 44.3 Å². The number of ether oxygens (including phenoxy) is 2. The van der Waals surface area contributed by atoms with Gasteiger partial charge in [-0.1, -0.05) is 0 Å². The number of nitrogens with zero attached hydrogens (tertiary/aromatic N) is 4. The van der Waals surface area contributed by atoms with Crippen LogP contribution < -0.4 is 4.90 Å². The average Bonchev–Trinajstić information content (AvgIpc) is 3.28. The molecule has 3 aliphatic rings. The summed E-state index contributed by atoms with van der Waals surface area (Å²) in [5.41, 5.74) is 0.414. The molecule has 4 heterocycles. The van der Waals surface area contributed by atoms with Crippen molar-refractivity contribution in [1.82, 2.24) is 15.1 Å². The van der Waals surface area contributed by atoms with Gasteiger partial charge in [-0.25, -0.2) is 0 Å². The molecule has 1 aromatic rings. The molecule has 124 valence electrons. The van der Waals surface area contributed by atoms with E-state index in [9.17, 15) is 4.79 Å². The van der Waals surface area contributed by atoms with E-state index in [-0.39, 0.29) is 5.91 Å². The third-order valence-corrected chi connectivity index (χ3v) is 4.93. The Morgan fingerprint density at radius 2 is 1.70 bits per heavy atom. The minimum atomic E-state index is -0.456. The van der Waals surface area contributed by atoms with Crippen LogP contribution in [0.3, 0.4) is 0 Å². The van der Waals surface area contributed by atoms with Crippen molar-refractivity contribution < 1.29 is 14.3 Å². The van der Waals surface area contributed by atoms with Gasteiger partial charge in [0, 0.05) is 39.0 Å². The molecular weight excluding hydrogens is 296 g/mol. The van der Waals surface area contributed by atoms with Gasteiger partial charge in [0.05, 0.1) is 13.2 Å². The molecule has 0 N–H and O–H groups in total. The van der Waals surface area contributed by atoms with Gasteiger partial charge < -0.3 is 19.3 Å². The summed E-state index contributed by atoms with van der Waals surface area (Å²) in [5, 5.41) is 8.37. The topological polar surface area (TPSA) is 67.8 Å². The highest BCUT2D eigenvalue weighted by Crippen LogP contribution is 2.31. The number of anilines is 1. The Labute approximate surface area is 135 Å². The van der Waals surface area contributed by atoms with E-state index in [1.165, 1.54) is 12.8 Å². The van der Waals surface area contributed by atoms with Gasteiger partial charge in [-0.3, -0.25) is 4.79 Å². The van der Waals surface area contributed by atoms with Crippen LogP contribution >= 0.6 is 0 Å². The summed E-state index contributed by atoms with van der Waals surface area (Å²) in [5.74, 6) is 0.352. The zero-order valence-corrected chi connectivity index (χ0v) is 13.2. The fourth-order valence-electron chi connectivity index (χ4n) is 3.55. The molecule has 0 aromatic carbocycles. The summed E-state index contributed by atoms with van der Waals surface area (Å²) in [6.07, 6.45) is 3.83. The lowest BCUT2D eigenvalue weighted by molar-refractivity contribution is -0.181. The molecule has 1 spiro atoms. The number of hydrogen-bond acceptors (Lipinski definition) is 6. The number of hydrogen-bond donors (Lipinski definition) is 0. The van der Waals surface area contributed by atoms with Crippen LogP contribution in [0.4, 0.5) is 5.82 Å². The second-order valence-electron chi connectivity index (χ2n) is 6.37. The van der Waals surface area contributed by atoms with E-state index in [4.69, 9.17) is 9.47 Å². The molecule has 23 heavy (non-hydrogen) atoms. The van der Waals surface area contributed by atoms with Gasteiger partial charge in [0.15, 0.2) is 17.3 Å². The standard InChI is InChI=1S/C16H22N4O3/c21-15(20-9-5-16(6-10-20)22-11-12-23-16)13-3-4-14(18-17-13)19-7-1-2-8-19/h3-4H,1-2,5-12H2. The molecule has 0 saturated carbocycles. The zero-order chi connectivity index (χ0) is 15.7. The zero-order valence-electron chi connectivity index (χ0n) is 13.2. The Kier molecular flexibility index (Phi) is 3.90. The number of aromatic nitrogens is 2. The molecule has 7 heteroatoms. The van der Waals surface area contributed by atoms with Gasteiger partial charge in [0.1, 0.15) is 0 Å². The Balaban J connectivity index is 1.39. The molecule has 4 rings (SSSR count). The Hall–Kier alpha value is -1.73. The Morgan fingerprint density at radius 1 is 1.00 bits per heavy atom. The first-order valence-electron chi connectivity index (χ1n) is 8.42. The molecule has 1 amide bonds. The largest absolute Gasteiger partial charge is 0.355 e. The summed E-state index contributed by atoms with van der Waals surface area (Å²) in [6, 6.07) is 3.69. The fraction of sp³-hybridized carbons (Fsp3) is 0.688. The van der Waals surface area contributed by atoms with Crippen LogP contribution in [0.25, 0.3) is 0 Å². The van der Waals surface area contributed by atoms with E-state index >= 15 is 0 Å². The Morgan fingerprint density at radius 3 is 2.30 bits per heavy atom. The lowest BCUT2D eigenvalue weighted by Crippen LogP contribution is -2.47. The quantitative estimate of drug-likeness (QED) is 0.812. The molecule has 0 bridgehead atoms. The van der Waals surface area contributed by atoms with Gasteiger partial charge in [-0.2, -0.15) is 0 Å². The summed E-state index contributed by atoms with van der Waals surface area (Å²) < 4.78 is 11.4. The van der Waals surface area contributed by atoms with Crippen LogP contribution in [-0.4, -0.2) is 66.2 Å². The van der Waals surface area contributed by atoms with E-state index in [0.717, 1.165) is 31.7 Å². The van der Waals surface area contributed by atoms with Crippen molar-refractivity contribution in [2.24, 2.45) is 0 Å². The Bertz CT molecular complexity index is 555. The predicted octanol–water partition coefficient (Wildman–Crippen LogP) is 1.06. The second kappa shape index (κ2) is 6.05. The second-order valence-corrected chi connectivity index (χ2v) is 6.37. The van der Waals surface area contributed by atoms with Crippen molar-refractivity contribution >= 4 is 11.7 Å². The SMILES string of the molecule is O=C(c1ccc(N2CCCC2)nn1)N1CCC2(CC1)OCCO2. The predicted molar refractivity (Wildman–Crippen MR) is 83.3 cm³/mol. The van der Waals surface area contributed by atoms with Gasteiger partial charge in [-0.15, -0.1) is 10.2 Å². The van der Waals surface area contributed by atoms with Crippen LogP contribution in [0, 0.1) is 0 Å². The molecule has 0 aliphatic carbocycles. The van der Waals surface area contributed by atoms with E-state index in [2.05, 4.69) is 15.1 Å². The first kappa shape index (κ1) is 14.8. The van der Waals surface area contributed by atoms with Gasteiger partial charge >= 0.3 is 0 Å². The maximum absolute atomic E-state index is 12.6.